The standard InChI is InChI=1S/C15H12N2O/c18-16-10-9-13-8-7-12-6-5-11-3-1-2-4-14(11)15(12)17-13/h1-8,10,18H,9H2. The molecule has 0 aliphatic rings. The highest BCUT2D eigenvalue weighted by atomic mass is 16.4. The summed E-state index contributed by atoms with van der Waals surface area (Å²) in [6.07, 6.45) is 1.98. The van der Waals surface area contributed by atoms with E-state index >= 15 is 0 Å². The lowest BCUT2D eigenvalue weighted by atomic mass is 10.1. The monoisotopic (exact) mass is 236 g/mol. The zero-order valence-electron chi connectivity index (χ0n) is 9.74. The minimum Gasteiger partial charge on any atom is -0.411 e. The van der Waals surface area contributed by atoms with Gasteiger partial charge in [0.1, 0.15) is 0 Å². The number of pyridine rings is 1. The molecule has 1 aromatic heterocycles. The van der Waals surface area contributed by atoms with E-state index in [1.165, 1.54) is 11.6 Å². The van der Waals surface area contributed by atoms with Crippen LogP contribution < -0.4 is 0 Å². The van der Waals surface area contributed by atoms with Gasteiger partial charge in [-0.3, -0.25) is 4.98 Å². The summed E-state index contributed by atoms with van der Waals surface area (Å²) in [5.41, 5.74) is 1.90. The minimum absolute atomic E-state index is 0.537. The first kappa shape index (κ1) is 10.7. The van der Waals surface area contributed by atoms with Crippen LogP contribution in [0.5, 0.6) is 0 Å². The molecule has 0 atom stereocenters. The highest BCUT2D eigenvalue weighted by Gasteiger charge is 2.02. The van der Waals surface area contributed by atoms with E-state index in [0.717, 1.165) is 22.0 Å². The number of fused-ring (bicyclic) bond motifs is 3. The van der Waals surface area contributed by atoms with E-state index in [-0.39, 0.29) is 0 Å². The van der Waals surface area contributed by atoms with E-state index in [1.807, 2.05) is 18.2 Å². The number of nitrogens with zero attached hydrogens (tertiary/aromatic N) is 2. The van der Waals surface area contributed by atoms with Crippen LogP contribution in [0.3, 0.4) is 0 Å². The van der Waals surface area contributed by atoms with Gasteiger partial charge in [0, 0.05) is 29.1 Å². The molecular formula is C15H12N2O. The average molecular weight is 236 g/mol. The second kappa shape index (κ2) is 4.45. The van der Waals surface area contributed by atoms with Crippen molar-refractivity contribution in [1.82, 2.24) is 4.98 Å². The predicted octanol–water partition coefficient (Wildman–Crippen LogP) is 3.39. The minimum atomic E-state index is 0.537. The van der Waals surface area contributed by atoms with Gasteiger partial charge in [-0.25, -0.2) is 0 Å². The SMILES string of the molecule is ON=CCc1ccc2ccc3ccccc3c2n1. The van der Waals surface area contributed by atoms with E-state index in [2.05, 4.69) is 40.5 Å². The molecule has 0 aliphatic carbocycles. The molecule has 0 amide bonds. The smallest absolute Gasteiger partial charge is 0.0783 e. The lowest BCUT2D eigenvalue weighted by molar-refractivity contribution is 0.320. The number of hydrogen-bond donors (Lipinski definition) is 1. The summed E-state index contributed by atoms with van der Waals surface area (Å²) < 4.78 is 0. The number of aromatic nitrogens is 1. The maximum absolute atomic E-state index is 8.45. The molecule has 0 fully saturated rings. The van der Waals surface area contributed by atoms with Gasteiger partial charge in [0.05, 0.1) is 5.52 Å². The first-order valence-corrected chi connectivity index (χ1v) is 5.82. The zero-order chi connectivity index (χ0) is 12.4. The Kier molecular flexibility index (Phi) is 2.65. The summed E-state index contributed by atoms with van der Waals surface area (Å²) >= 11 is 0. The van der Waals surface area contributed by atoms with Gasteiger partial charge in [-0.15, -0.1) is 5.16 Å². The van der Waals surface area contributed by atoms with Crippen molar-refractivity contribution in [2.75, 3.05) is 0 Å². The van der Waals surface area contributed by atoms with Crippen molar-refractivity contribution in [2.45, 2.75) is 6.42 Å². The topological polar surface area (TPSA) is 45.5 Å². The van der Waals surface area contributed by atoms with Crippen molar-refractivity contribution in [3.05, 3.63) is 54.2 Å². The second-order valence-electron chi connectivity index (χ2n) is 4.16. The van der Waals surface area contributed by atoms with Gasteiger partial charge in [0.2, 0.25) is 0 Å². The van der Waals surface area contributed by atoms with E-state index in [4.69, 9.17) is 5.21 Å². The Labute approximate surface area is 104 Å². The van der Waals surface area contributed by atoms with E-state index in [1.54, 1.807) is 0 Å². The molecule has 0 spiro atoms. The Hall–Kier alpha value is -2.42. The van der Waals surface area contributed by atoms with Crippen molar-refractivity contribution < 1.29 is 5.21 Å². The molecule has 0 radical (unpaired) electrons. The largest absolute Gasteiger partial charge is 0.411 e. The highest BCUT2D eigenvalue weighted by Crippen LogP contribution is 2.23. The fourth-order valence-corrected chi connectivity index (χ4v) is 2.15. The maximum Gasteiger partial charge on any atom is 0.0783 e. The number of rotatable bonds is 2. The third kappa shape index (κ3) is 1.80. The molecule has 0 unspecified atom stereocenters. The summed E-state index contributed by atoms with van der Waals surface area (Å²) in [4.78, 5) is 4.64. The van der Waals surface area contributed by atoms with Gasteiger partial charge in [-0.1, -0.05) is 42.5 Å². The van der Waals surface area contributed by atoms with Gasteiger partial charge in [0.15, 0.2) is 0 Å². The molecule has 1 N–H and O–H groups in total. The Morgan fingerprint density at radius 1 is 1.00 bits per heavy atom. The molecule has 3 heteroatoms. The number of hydrogen-bond acceptors (Lipinski definition) is 3. The third-order valence-electron chi connectivity index (χ3n) is 3.02. The Balaban J connectivity index is 2.26. The van der Waals surface area contributed by atoms with Crippen molar-refractivity contribution >= 4 is 27.9 Å². The Morgan fingerprint density at radius 2 is 1.78 bits per heavy atom. The summed E-state index contributed by atoms with van der Waals surface area (Å²) in [7, 11) is 0. The average Bonchev–Trinajstić information content (AvgIpc) is 2.45. The molecule has 0 saturated carbocycles. The lowest BCUT2D eigenvalue weighted by Crippen LogP contribution is -1.92. The van der Waals surface area contributed by atoms with Gasteiger partial charge in [-0.2, -0.15) is 0 Å². The quantitative estimate of drug-likeness (QED) is 0.321. The van der Waals surface area contributed by atoms with Crippen LogP contribution in [0.25, 0.3) is 21.7 Å². The predicted molar refractivity (Wildman–Crippen MR) is 73.2 cm³/mol. The third-order valence-corrected chi connectivity index (χ3v) is 3.02. The van der Waals surface area contributed by atoms with E-state index in [9.17, 15) is 0 Å². The summed E-state index contributed by atoms with van der Waals surface area (Å²) in [6, 6.07) is 16.4. The highest BCUT2D eigenvalue weighted by molar-refractivity contribution is 6.05. The molecule has 1 heterocycles. The van der Waals surface area contributed by atoms with E-state index < -0.39 is 0 Å². The summed E-state index contributed by atoms with van der Waals surface area (Å²) in [6.45, 7) is 0. The Morgan fingerprint density at radius 3 is 2.67 bits per heavy atom. The van der Waals surface area contributed by atoms with Crippen LogP contribution in [0.1, 0.15) is 5.69 Å². The first-order chi connectivity index (χ1) is 8.88. The van der Waals surface area contributed by atoms with Crippen LogP contribution in [-0.2, 0) is 6.42 Å². The fraction of sp³-hybridized carbons (Fsp3) is 0.0667. The van der Waals surface area contributed by atoms with Crippen LogP contribution in [0.15, 0.2) is 53.7 Å². The Bertz CT molecular complexity index is 735. The fourth-order valence-electron chi connectivity index (χ4n) is 2.15. The first-order valence-electron chi connectivity index (χ1n) is 5.82. The normalized spacial score (nSPS) is 11.6. The van der Waals surface area contributed by atoms with Crippen LogP contribution in [0, 0.1) is 0 Å². The molecule has 0 aliphatic heterocycles. The molecule has 0 saturated heterocycles. The van der Waals surface area contributed by atoms with Crippen LogP contribution >= 0.6 is 0 Å². The molecule has 3 aromatic rings. The van der Waals surface area contributed by atoms with Crippen LogP contribution in [-0.4, -0.2) is 16.4 Å². The maximum atomic E-state index is 8.45. The van der Waals surface area contributed by atoms with Crippen molar-refractivity contribution in [1.29, 1.82) is 0 Å². The van der Waals surface area contributed by atoms with Crippen molar-refractivity contribution in [3.8, 4) is 0 Å². The number of benzene rings is 2. The van der Waals surface area contributed by atoms with Crippen molar-refractivity contribution in [3.63, 3.8) is 0 Å². The zero-order valence-corrected chi connectivity index (χ0v) is 9.74. The summed E-state index contributed by atoms with van der Waals surface area (Å²) in [5, 5.41) is 14.9. The number of oxime groups is 1. The molecule has 2 aromatic carbocycles. The second-order valence-corrected chi connectivity index (χ2v) is 4.16. The van der Waals surface area contributed by atoms with Gasteiger partial charge < -0.3 is 5.21 Å². The molecule has 88 valence electrons. The summed E-state index contributed by atoms with van der Waals surface area (Å²) in [5.74, 6) is 0. The van der Waals surface area contributed by atoms with Crippen molar-refractivity contribution in [2.24, 2.45) is 5.16 Å². The molecular weight excluding hydrogens is 224 g/mol. The molecule has 18 heavy (non-hydrogen) atoms. The molecule has 3 rings (SSSR count). The van der Waals surface area contributed by atoms with E-state index in [0.29, 0.717) is 6.42 Å². The van der Waals surface area contributed by atoms with Crippen LogP contribution in [0.4, 0.5) is 0 Å². The van der Waals surface area contributed by atoms with Gasteiger partial charge in [-0.05, 0) is 11.5 Å². The lowest BCUT2D eigenvalue weighted by Gasteiger charge is -2.04. The van der Waals surface area contributed by atoms with Gasteiger partial charge in [0.25, 0.3) is 0 Å². The van der Waals surface area contributed by atoms with Gasteiger partial charge >= 0.3 is 0 Å². The molecule has 0 bridgehead atoms. The van der Waals surface area contributed by atoms with Crippen LogP contribution in [0.2, 0.25) is 0 Å². The molecule has 3 nitrogen and oxygen atoms in total.